The molecule has 0 atom stereocenters. The second-order valence-corrected chi connectivity index (χ2v) is 19.1. The Bertz CT molecular complexity index is 3600. The summed E-state index contributed by atoms with van der Waals surface area (Å²) >= 11 is 3.78. The zero-order valence-corrected chi connectivity index (χ0v) is 40.7. The fourth-order valence-corrected chi connectivity index (χ4v) is 11.4. The first-order valence-electron chi connectivity index (χ1n) is 24.3. The minimum absolute atomic E-state index is 0.604. The van der Waals surface area contributed by atoms with Crippen molar-refractivity contribution in [2.45, 2.75) is 5.41 Å². The maximum atomic E-state index is 7.26. The Labute approximate surface area is 428 Å². The number of hydrogen-bond acceptors (Lipinski definition) is 4. The highest BCUT2D eigenvalue weighted by Gasteiger charge is 2.51. The Balaban J connectivity index is 1.03. The quantitative estimate of drug-likeness (QED) is 0.136. The molecule has 0 N–H and O–H groups in total. The minimum Gasteiger partial charge on any atom is -0.457 e. The molecule has 11 aromatic rings. The molecule has 342 valence electrons. The number of halogens is 1. The number of anilines is 6. The molecule has 0 radical (unpaired) electrons. The Morgan fingerprint density at radius 3 is 1.25 bits per heavy atom. The molecule has 1 spiro atoms. The summed E-state index contributed by atoms with van der Waals surface area (Å²) in [6, 6.07) is 96.6. The lowest BCUT2D eigenvalue weighted by Gasteiger charge is -2.39. The van der Waals surface area contributed by atoms with E-state index in [1.54, 1.807) is 0 Å². The highest BCUT2D eigenvalue weighted by atomic mass is 79.9. The summed E-state index contributed by atoms with van der Waals surface area (Å²) in [5.74, 6) is 2.85. The standard InChI is InChI=1S/C67H45BrN2O2/c68-48-37-39-61-65(41-48)72-66-45-53(38-40-62(66)67(61)59-33-17-13-31-57(59)58-32-14-18-34-60(58)67)71-54-43-51(69(49-25-9-3-10-26-49)63-35-19-15-29-55(63)46-21-5-1-6-22-46)42-52(44-54)70(50-27-11-4-12-28-50)64-36-20-16-30-56(64)47-23-7-2-8-24-47/h1-45H. The third kappa shape index (κ3) is 7.37. The van der Waals surface area contributed by atoms with Crippen LogP contribution < -0.4 is 19.3 Å². The van der Waals surface area contributed by atoms with Crippen molar-refractivity contribution in [2.24, 2.45) is 0 Å². The van der Waals surface area contributed by atoms with E-state index in [4.69, 9.17) is 9.47 Å². The third-order valence-electron chi connectivity index (χ3n) is 14.0. The van der Waals surface area contributed by atoms with E-state index in [9.17, 15) is 0 Å². The predicted molar refractivity (Wildman–Crippen MR) is 298 cm³/mol. The van der Waals surface area contributed by atoms with Crippen LogP contribution in [0.2, 0.25) is 0 Å². The first kappa shape index (κ1) is 43.1. The SMILES string of the molecule is Brc1ccc2c(c1)Oc1cc(Oc3cc(N(c4ccccc4)c4ccccc4-c4ccccc4)cc(N(c4ccccc4)c4ccccc4-c4ccccc4)c3)ccc1C21c2ccccc2-c2ccccc21. The lowest BCUT2D eigenvalue weighted by molar-refractivity contribution is 0.426. The molecule has 0 aromatic heterocycles. The van der Waals surface area contributed by atoms with Crippen molar-refractivity contribution >= 4 is 50.1 Å². The molecule has 4 nitrogen and oxygen atoms in total. The van der Waals surface area contributed by atoms with Crippen LogP contribution in [-0.4, -0.2) is 0 Å². The molecular formula is C67H45BrN2O2. The molecule has 2 aliphatic rings. The number of benzene rings is 11. The molecule has 72 heavy (non-hydrogen) atoms. The molecule has 0 amide bonds. The maximum absolute atomic E-state index is 7.26. The summed E-state index contributed by atoms with van der Waals surface area (Å²) in [5.41, 5.74) is 16.9. The van der Waals surface area contributed by atoms with E-state index in [1.165, 1.54) is 22.3 Å². The Morgan fingerprint density at radius 2 is 0.736 bits per heavy atom. The van der Waals surface area contributed by atoms with Crippen molar-refractivity contribution in [3.63, 3.8) is 0 Å². The summed E-state index contributed by atoms with van der Waals surface area (Å²) in [4.78, 5) is 4.68. The van der Waals surface area contributed by atoms with Crippen LogP contribution in [0.25, 0.3) is 33.4 Å². The third-order valence-corrected chi connectivity index (χ3v) is 14.5. The van der Waals surface area contributed by atoms with Gasteiger partial charge in [0, 0.05) is 56.3 Å². The van der Waals surface area contributed by atoms with Gasteiger partial charge in [0.15, 0.2) is 0 Å². The average molecular weight is 990 g/mol. The molecule has 0 fully saturated rings. The van der Waals surface area contributed by atoms with Gasteiger partial charge in [-0.2, -0.15) is 0 Å². The Hall–Kier alpha value is -8.90. The van der Waals surface area contributed by atoms with E-state index in [0.29, 0.717) is 11.5 Å². The number of para-hydroxylation sites is 4. The molecule has 0 unspecified atom stereocenters. The van der Waals surface area contributed by atoms with Crippen LogP contribution >= 0.6 is 15.9 Å². The largest absolute Gasteiger partial charge is 0.457 e. The zero-order chi connectivity index (χ0) is 48.0. The molecule has 5 heteroatoms. The minimum atomic E-state index is -0.604. The van der Waals surface area contributed by atoms with Gasteiger partial charge in [-0.05, 0) is 94.0 Å². The van der Waals surface area contributed by atoms with Crippen LogP contribution in [0, 0.1) is 0 Å². The summed E-state index contributed by atoms with van der Waals surface area (Å²) in [6.45, 7) is 0. The van der Waals surface area contributed by atoms with Crippen molar-refractivity contribution in [2.75, 3.05) is 9.80 Å². The van der Waals surface area contributed by atoms with E-state index in [-0.39, 0.29) is 0 Å². The molecular weight excluding hydrogens is 945 g/mol. The monoisotopic (exact) mass is 988 g/mol. The van der Waals surface area contributed by atoms with Gasteiger partial charge in [0.25, 0.3) is 0 Å². The summed E-state index contributed by atoms with van der Waals surface area (Å²) in [6.07, 6.45) is 0. The van der Waals surface area contributed by atoms with E-state index in [1.807, 2.05) is 0 Å². The number of nitrogens with zero attached hydrogens (tertiary/aromatic N) is 2. The van der Waals surface area contributed by atoms with Gasteiger partial charge in [-0.25, -0.2) is 0 Å². The molecule has 0 saturated carbocycles. The second kappa shape index (κ2) is 18.1. The maximum Gasteiger partial charge on any atom is 0.135 e. The summed E-state index contributed by atoms with van der Waals surface area (Å²) < 4.78 is 15.2. The van der Waals surface area contributed by atoms with E-state index < -0.39 is 5.41 Å². The molecule has 1 aliphatic heterocycles. The highest BCUT2D eigenvalue weighted by molar-refractivity contribution is 9.10. The first-order valence-corrected chi connectivity index (χ1v) is 25.1. The molecule has 0 bridgehead atoms. The van der Waals surface area contributed by atoms with Crippen LogP contribution in [0.15, 0.2) is 277 Å². The lowest BCUT2D eigenvalue weighted by atomic mass is 9.66. The predicted octanol–water partition coefficient (Wildman–Crippen LogP) is 19.0. The fourth-order valence-electron chi connectivity index (χ4n) is 11.0. The number of ether oxygens (including phenoxy) is 2. The van der Waals surface area contributed by atoms with Crippen LogP contribution in [0.4, 0.5) is 34.1 Å². The highest BCUT2D eigenvalue weighted by Crippen LogP contribution is 2.62. The van der Waals surface area contributed by atoms with Crippen LogP contribution in [0.3, 0.4) is 0 Å². The molecule has 11 aromatic carbocycles. The van der Waals surface area contributed by atoms with Crippen molar-refractivity contribution in [3.05, 3.63) is 300 Å². The van der Waals surface area contributed by atoms with E-state index in [0.717, 1.165) is 83.5 Å². The van der Waals surface area contributed by atoms with Crippen LogP contribution in [0.5, 0.6) is 23.0 Å². The zero-order valence-electron chi connectivity index (χ0n) is 39.1. The van der Waals surface area contributed by atoms with Gasteiger partial charge in [0.2, 0.25) is 0 Å². The van der Waals surface area contributed by atoms with Crippen LogP contribution in [-0.2, 0) is 5.41 Å². The van der Waals surface area contributed by atoms with Gasteiger partial charge in [-0.15, -0.1) is 0 Å². The van der Waals surface area contributed by atoms with Crippen molar-refractivity contribution in [1.82, 2.24) is 0 Å². The topological polar surface area (TPSA) is 24.9 Å². The number of rotatable bonds is 10. The van der Waals surface area contributed by atoms with E-state index >= 15 is 0 Å². The number of hydrogen-bond donors (Lipinski definition) is 0. The van der Waals surface area contributed by atoms with E-state index in [2.05, 4.69) is 299 Å². The molecule has 1 heterocycles. The van der Waals surface area contributed by atoms with Gasteiger partial charge < -0.3 is 19.3 Å². The smallest absolute Gasteiger partial charge is 0.135 e. The Morgan fingerprint density at radius 1 is 0.319 bits per heavy atom. The van der Waals surface area contributed by atoms with Gasteiger partial charge in [-0.1, -0.05) is 210 Å². The van der Waals surface area contributed by atoms with Gasteiger partial charge in [0.05, 0.1) is 28.2 Å². The molecule has 1 aliphatic carbocycles. The molecule has 0 saturated heterocycles. The number of fused-ring (bicyclic) bond motifs is 9. The Kier molecular flexibility index (Phi) is 10.9. The fraction of sp³-hybridized carbons (Fsp3) is 0.0149. The van der Waals surface area contributed by atoms with Gasteiger partial charge in [0.1, 0.15) is 23.0 Å². The van der Waals surface area contributed by atoms with Crippen molar-refractivity contribution in [1.29, 1.82) is 0 Å². The van der Waals surface area contributed by atoms with Crippen molar-refractivity contribution in [3.8, 4) is 56.4 Å². The summed E-state index contributed by atoms with van der Waals surface area (Å²) in [7, 11) is 0. The van der Waals surface area contributed by atoms with Crippen molar-refractivity contribution < 1.29 is 9.47 Å². The first-order chi connectivity index (χ1) is 35.6. The normalized spacial score (nSPS) is 12.5. The second-order valence-electron chi connectivity index (χ2n) is 18.1. The lowest BCUT2D eigenvalue weighted by Crippen LogP contribution is -2.32. The van der Waals surface area contributed by atoms with Crippen LogP contribution in [0.1, 0.15) is 22.3 Å². The summed E-state index contributed by atoms with van der Waals surface area (Å²) in [5, 5.41) is 0. The van der Waals surface area contributed by atoms with Gasteiger partial charge in [-0.3, -0.25) is 0 Å². The molecule has 13 rings (SSSR count). The van der Waals surface area contributed by atoms with Gasteiger partial charge >= 0.3 is 0 Å². The average Bonchev–Trinajstić information content (AvgIpc) is 3.72.